The molecule has 206 valence electrons. The lowest BCUT2D eigenvalue weighted by atomic mass is 9.94. The predicted molar refractivity (Wildman–Crippen MR) is 156 cm³/mol. The first-order chi connectivity index (χ1) is 19.1. The van der Waals surface area contributed by atoms with E-state index in [1.165, 1.54) is 12.0 Å². The number of ether oxygens (including phenoxy) is 1. The van der Waals surface area contributed by atoms with Gasteiger partial charge in [0.05, 0.1) is 6.54 Å². The number of benzene rings is 2. The van der Waals surface area contributed by atoms with Gasteiger partial charge in [0, 0.05) is 50.8 Å². The van der Waals surface area contributed by atoms with Gasteiger partial charge in [0.15, 0.2) is 0 Å². The van der Waals surface area contributed by atoms with Crippen molar-refractivity contribution in [1.29, 1.82) is 0 Å². The number of carbonyl (C=O) groups excluding carboxylic acids is 2. The summed E-state index contributed by atoms with van der Waals surface area (Å²) in [4.78, 5) is 30.9. The fraction of sp³-hybridized carbons (Fsp3) is 0.394. The van der Waals surface area contributed by atoms with Gasteiger partial charge in [-0.2, -0.15) is 0 Å². The largest absolute Gasteiger partial charge is 0.385 e. The number of hydrogen-bond donors (Lipinski definition) is 0. The number of rotatable bonds is 13. The lowest BCUT2D eigenvalue weighted by Crippen LogP contribution is -2.47. The fourth-order valence-electron chi connectivity index (χ4n) is 5.27. The van der Waals surface area contributed by atoms with Gasteiger partial charge >= 0.3 is 0 Å². The number of aromatic nitrogens is 1. The molecule has 1 aliphatic carbocycles. The molecule has 6 nitrogen and oxygen atoms in total. The van der Waals surface area contributed by atoms with Gasteiger partial charge in [0.1, 0.15) is 6.54 Å². The molecule has 6 heteroatoms. The Balaban J connectivity index is 1.50. The summed E-state index contributed by atoms with van der Waals surface area (Å²) in [5, 5.41) is 0. The van der Waals surface area contributed by atoms with Crippen LogP contribution in [0.4, 0.5) is 0 Å². The molecule has 0 radical (unpaired) electrons. The number of hydrogen-bond acceptors (Lipinski definition) is 3. The van der Waals surface area contributed by atoms with Crippen LogP contribution in [0.5, 0.6) is 0 Å². The second-order valence-corrected chi connectivity index (χ2v) is 10.3. The molecule has 1 fully saturated rings. The highest BCUT2D eigenvalue weighted by Gasteiger charge is 2.28. The molecule has 0 unspecified atom stereocenters. The first kappa shape index (κ1) is 28.4. The summed E-state index contributed by atoms with van der Waals surface area (Å²) in [5.41, 5.74) is 3.29. The third-order valence-electron chi connectivity index (χ3n) is 7.42. The van der Waals surface area contributed by atoms with Gasteiger partial charge in [0.2, 0.25) is 11.8 Å². The highest BCUT2D eigenvalue weighted by Crippen LogP contribution is 2.25. The van der Waals surface area contributed by atoms with Gasteiger partial charge in [-0.1, -0.05) is 79.9 Å². The van der Waals surface area contributed by atoms with Crippen LogP contribution in [0.3, 0.4) is 0 Å². The second-order valence-electron chi connectivity index (χ2n) is 10.3. The maximum absolute atomic E-state index is 13.9. The van der Waals surface area contributed by atoms with Gasteiger partial charge in [-0.3, -0.25) is 9.59 Å². The van der Waals surface area contributed by atoms with E-state index in [2.05, 4.69) is 47.2 Å². The van der Waals surface area contributed by atoms with E-state index in [0.717, 1.165) is 43.5 Å². The second kappa shape index (κ2) is 15.1. The van der Waals surface area contributed by atoms with E-state index < -0.39 is 0 Å². The van der Waals surface area contributed by atoms with E-state index >= 15 is 0 Å². The molecule has 0 aliphatic heterocycles. The Kier molecular flexibility index (Phi) is 11.0. The van der Waals surface area contributed by atoms with E-state index in [0.29, 0.717) is 26.1 Å². The minimum absolute atomic E-state index is 0.00763. The first-order valence-electron chi connectivity index (χ1n) is 14.1. The molecule has 4 rings (SSSR count). The highest BCUT2D eigenvalue weighted by atomic mass is 16.5. The van der Waals surface area contributed by atoms with E-state index in [1.54, 1.807) is 18.1 Å². The molecule has 3 aromatic rings. The van der Waals surface area contributed by atoms with Crippen molar-refractivity contribution in [2.45, 2.75) is 57.7 Å². The normalized spacial score (nSPS) is 14.0. The number of carbonyl (C=O) groups is 2. The summed E-state index contributed by atoms with van der Waals surface area (Å²) >= 11 is 0. The lowest BCUT2D eigenvalue weighted by molar-refractivity contribution is -0.141. The average Bonchev–Trinajstić information content (AvgIpc) is 3.42. The van der Waals surface area contributed by atoms with Crippen LogP contribution in [-0.2, 0) is 27.4 Å². The zero-order chi connectivity index (χ0) is 27.3. The van der Waals surface area contributed by atoms with Gasteiger partial charge in [0.25, 0.3) is 0 Å². The number of methoxy groups -OCH3 is 1. The molecular formula is C33H41N3O3. The predicted octanol–water partition coefficient (Wildman–Crippen LogP) is 5.78. The van der Waals surface area contributed by atoms with Gasteiger partial charge in [-0.05, 0) is 48.6 Å². The van der Waals surface area contributed by atoms with Crippen molar-refractivity contribution in [2.75, 3.05) is 26.8 Å². The molecule has 0 bridgehead atoms. The monoisotopic (exact) mass is 527 g/mol. The standard InChI is InChI=1S/C33H41N3O3/c1-39-24-12-23-35(32(37)21-20-28-13-5-2-6-14-28)27-33(38)36(30-17-9-4-10-18-30)26-31-19-11-22-34(31)25-29-15-7-3-8-16-29/h2-3,5-8,11,13-16,19-22,30H,4,9-10,12,17-18,23-27H2,1H3. The van der Waals surface area contributed by atoms with Gasteiger partial charge in [-0.15, -0.1) is 0 Å². The summed E-state index contributed by atoms with van der Waals surface area (Å²) < 4.78 is 7.45. The minimum Gasteiger partial charge on any atom is -0.385 e. The molecule has 0 saturated heterocycles. The maximum atomic E-state index is 13.9. The summed E-state index contributed by atoms with van der Waals surface area (Å²) in [5.74, 6) is -0.146. The van der Waals surface area contributed by atoms with Crippen LogP contribution in [0.25, 0.3) is 6.08 Å². The Morgan fingerprint density at radius 1 is 0.949 bits per heavy atom. The molecule has 1 heterocycles. The molecule has 1 aromatic heterocycles. The van der Waals surface area contributed by atoms with Crippen LogP contribution in [-0.4, -0.2) is 59.0 Å². The summed E-state index contributed by atoms with van der Waals surface area (Å²) in [6.07, 6.45) is 11.7. The van der Waals surface area contributed by atoms with Crippen LogP contribution in [0, 0.1) is 0 Å². The fourth-order valence-corrected chi connectivity index (χ4v) is 5.27. The molecule has 0 spiro atoms. The van der Waals surface area contributed by atoms with Crippen LogP contribution >= 0.6 is 0 Å². The lowest BCUT2D eigenvalue weighted by Gasteiger charge is -2.36. The maximum Gasteiger partial charge on any atom is 0.247 e. The van der Waals surface area contributed by atoms with E-state index in [1.807, 2.05) is 47.4 Å². The van der Waals surface area contributed by atoms with Crippen molar-refractivity contribution in [1.82, 2.24) is 14.4 Å². The molecule has 0 N–H and O–H groups in total. The summed E-state index contributed by atoms with van der Waals surface area (Å²) in [6, 6.07) is 24.5. The first-order valence-corrected chi connectivity index (χ1v) is 14.1. The van der Waals surface area contributed by atoms with Gasteiger partial charge in [-0.25, -0.2) is 0 Å². The zero-order valence-corrected chi connectivity index (χ0v) is 23.1. The van der Waals surface area contributed by atoms with Gasteiger partial charge < -0.3 is 19.1 Å². The Bertz CT molecular complexity index is 1180. The number of amides is 2. The van der Waals surface area contributed by atoms with Crippen LogP contribution in [0.15, 0.2) is 85.1 Å². The third kappa shape index (κ3) is 8.69. The summed E-state index contributed by atoms with van der Waals surface area (Å²) in [6.45, 7) is 2.39. The molecule has 1 aliphatic rings. The summed E-state index contributed by atoms with van der Waals surface area (Å²) in [7, 11) is 1.65. The van der Waals surface area contributed by atoms with Crippen molar-refractivity contribution in [3.05, 3.63) is 102 Å². The topological polar surface area (TPSA) is 54.8 Å². The van der Waals surface area contributed by atoms with Crippen molar-refractivity contribution in [3.63, 3.8) is 0 Å². The van der Waals surface area contributed by atoms with E-state index in [4.69, 9.17) is 4.74 Å². The quantitative estimate of drug-likeness (QED) is 0.209. The molecule has 2 aromatic carbocycles. The van der Waals surface area contributed by atoms with Crippen LogP contribution < -0.4 is 0 Å². The molecular weight excluding hydrogens is 486 g/mol. The Morgan fingerprint density at radius 3 is 2.38 bits per heavy atom. The number of nitrogens with zero attached hydrogens (tertiary/aromatic N) is 3. The highest BCUT2D eigenvalue weighted by molar-refractivity contribution is 5.94. The van der Waals surface area contributed by atoms with Crippen LogP contribution in [0.2, 0.25) is 0 Å². The van der Waals surface area contributed by atoms with E-state index in [9.17, 15) is 9.59 Å². The smallest absolute Gasteiger partial charge is 0.247 e. The zero-order valence-electron chi connectivity index (χ0n) is 23.1. The Labute approximate surface area is 232 Å². The molecule has 0 atom stereocenters. The Morgan fingerprint density at radius 2 is 1.67 bits per heavy atom. The van der Waals surface area contributed by atoms with Crippen molar-refractivity contribution in [2.24, 2.45) is 0 Å². The average molecular weight is 528 g/mol. The Hall–Kier alpha value is -3.64. The SMILES string of the molecule is COCCCN(CC(=O)N(Cc1cccn1Cc1ccccc1)C1CCCCC1)C(=O)C=Cc1ccccc1. The molecule has 39 heavy (non-hydrogen) atoms. The van der Waals surface area contributed by atoms with E-state index in [-0.39, 0.29) is 24.4 Å². The van der Waals surface area contributed by atoms with Crippen LogP contribution in [0.1, 0.15) is 55.3 Å². The molecule has 1 saturated carbocycles. The van der Waals surface area contributed by atoms with Crippen molar-refractivity contribution < 1.29 is 14.3 Å². The minimum atomic E-state index is -0.153. The molecule has 2 amide bonds. The third-order valence-corrected chi connectivity index (χ3v) is 7.42. The van der Waals surface area contributed by atoms with Crippen molar-refractivity contribution in [3.8, 4) is 0 Å². The van der Waals surface area contributed by atoms with Crippen molar-refractivity contribution >= 4 is 17.9 Å².